The first-order valence-electron chi connectivity index (χ1n) is 5.10. The Labute approximate surface area is 98.3 Å². The second kappa shape index (κ2) is 5.03. The van der Waals surface area contributed by atoms with Gasteiger partial charge in [-0.05, 0) is 12.1 Å². The van der Waals surface area contributed by atoms with Crippen LogP contribution in [0.15, 0.2) is 48.7 Å². The van der Waals surface area contributed by atoms with E-state index in [4.69, 9.17) is 5.11 Å². The van der Waals surface area contributed by atoms with E-state index in [1.54, 1.807) is 42.7 Å². The summed E-state index contributed by atoms with van der Waals surface area (Å²) >= 11 is 0. The Morgan fingerprint density at radius 2 is 1.94 bits per heavy atom. The quantitative estimate of drug-likeness (QED) is 0.755. The summed E-state index contributed by atoms with van der Waals surface area (Å²) in [5.41, 5.74) is 0.876. The Hall–Kier alpha value is -2.49. The molecule has 0 radical (unpaired) electrons. The smallest absolute Gasteiger partial charge is 0.336 e. The molecule has 0 spiro atoms. The van der Waals surface area contributed by atoms with E-state index in [0.717, 1.165) is 0 Å². The highest BCUT2D eigenvalue weighted by atomic mass is 16.4. The molecule has 0 aliphatic heterocycles. The zero-order valence-corrected chi connectivity index (χ0v) is 9.00. The van der Waals surface area contributed by atoms with Gasteiger partial charge in [0.05, 0.1) is 11.8 Å². The standard InChI is InChI=1S/C13H10N2O2/c16-13(17)11-6-2-1-5-10(11)9-15-12-7-3-4-8-14-12/h1-9H,(H,16,17)/p+1/b15-9+. The fourth-order valence-corrected chi connectivity index (χ4v) is 1.42. The normalized spacial score (nSPS) is 10.6. The predicted molar refractivity (Wildman–Crippen MR) is 63.4 cm³/mol. The maximum atomic E-state index is 11.0. The fourth-order valence-electron chi connectivity index (χ4n) is 1.42. The van der Waals surface area contributed by atoms with Gasteiger partial charge in [0.2, 0.25) is 0 Å². The molecule has 0 aliphatic rings. The summed E-state index contributed by atoms with van der Waals surface area (Å²) in [5.74, 6) is -0.271. The van der Waals surface area contributed by atoms with Crippen LogP contribution < -0.4 is 4.99 Å². The van der Waals surface area contributed by atoms with Gasteiger partial charge in [0.25, 0.3) is 0 Å². The van der Waals surface area contributed by atoms with E-state index in [9.17, 15) is 4.79 Å². The average Bonchev–Trinajstić information content (AvgIpc) is 2.38. The second-order valence-corrected chi connectivity index (χ2v) is 3.40. The van der Waals surface area contributed by atoms with E-state index in [2.05, 4.69) is 9.98 Å². The van der Waals surface area contributed by atoms with Gasteiger partial charge < -0.3 is 5.11 Å². The largest absolute Gasteiger partial charge is 0.478 e. The summed E-state index contributed by atoms with van der Waals surface area (Å²) in [6.45, 7) is 0. The number of nitrogens with zero attached hydrogens (tertiary/aromatic N) is 1. The lowest BCUT2D eigenvalue weighted by Crippen LogP contribution is -2.62. The van der Waals surface area contributed by atoms with Gasteiger partial charge in [-0.3, -0.25) is 0 Å². The lowest BCUT2D eigenvalue weighted by atomic mass is 10.1. The van der Waals surface area contributed by atoms with Gasteiger partial charge in [-0.1, -0.05) is 29.2 Å². The van der Waals surface area contributed by atoms with Crippen LogP contribution in [0.5, 0.6) is 0 Å². The summed E-state index contributed by atoms with van der Waals surface area (Å²) in [6.07, 6.45) is 3.30. The van der Waals surface area contributed by atoms with Gasteiger partial charge in [-0.2, -0.15) is 0 Å². The van der Waals surface area contributed by atoms with E-state index in [0.29, 0.717) is 11.4 Å². The van der Waals surface area contributed by atoms with Crippen molar-refractivity contribution in [3.05, 3.63) is 59.8 Å². The van der Waals surface area contributed by atoms with E-state index in [-0.39, 0.29) is 5.56 Å². The van der Waals surface area contributed by atoms with E-state index >= 15 is 0 Å². The van der Waals surface area contributed by atoms with Crippen LogP contribution in [0, 0.1) is 0 Å². The highest BCUT2D eigenvalue weighted by Gasteiger charge is 2.07. The van der Waals surface area contributed by atoms with Crippen LogP contribution in [0.1, 0.15) is 15.9 Å². The molecular formula is C13H11N2O2+. The SMILES string of the molecule is O=C(O)c1ccccc1/C=[NH+]/c1ccccn1. The zero-order chi connectivity index (χ0) is 12.1. The van der Waals surface area contributed by atoms with Gasteiger partial charge in [-0.25, -0.2) is 9.79 Å². The monoisotopic (exact) mass is 227 g/mol. The molecule has 17 heavy (non-hydrogen) atoms. The minimum atomic E-state index is -0.945. The molecule has 0 bridgehead atoms. The minimum absolute atomic E-state index is 0.260. The number of hydrogen-bond donors (Lipinski definition) is 2. The molecule has 2 N–H and O–H groups in total. The molecule has 1 heterocycles. The van der Waals surface area contributed by atoms with Gasteiger partial charge >= 0.3 is 11.8 Å². The maximum Gasteiger partial charge on any atom is 0.336 e. The minimum Gasteiger partial charge on any atom is -0.478 e. The molecule has 0 saturated carbocycles. The number of aromatic nitrogens is 1. The number of nitrogens with one attached hydrogen (secondary N) is 1. The van der Waals surface area contributed by atoms with Crippen LogP contribution in [0.25, 0.3) is 0 Å². The van der Waals surface area contributed by atoms with Crippen molar-refractivity contribution in [2.45, 2.75) is 0 Å². The Morgan fingerprint density at radius 1 is 1.18 bits per heavy atom. The van der Waals surface area contributed by atoms with Crippen molar-refractivity contribution < 1.29 is 14.9 Å². The van der Waals surface area contributed by atoms with Crippen molar-refractivity contribution in [3.8, 4) is 0 Å². The molecule has 4 nitrogen and oxygen atoms in total. The molecule has 1 aromatic heterocycles. The van der Waals surface area contributed by atoms with Crippen molar-refractivity contribution in [2.24, 2.45) is 0 Å². The Morgan fingerprint density at radius 3 is 2.65 bits per heavy atom. The predicted octanol–water partition coefficient (Wildman–Crippen LogP) is 0.611. The van der Waals surface area contributed by atoms with E-state index in [1.165, 1.54) is 0 Å². The van der Waals surface area contributed by atoms with Gasteiger partial charge in [0, 0.05) is 11.6 Å². The van der Waals surface area contributed by atoms with Crippen LogP contribution >= 0.6 is 0 Å². The molecule has 2 rings (SSSR count). The van der Waals surface area contributed by atoms with Crippen LogP contribution in [0.4, 0.5) is 5.82 Å². The third kappa shape index (κ3) is 2.75. The van der Waals surface area contributed by atoms with Crippen molar-refractivity contribution in [1.29, 1.82) is 0 Å². The van der Waals surface area contributed by atoms with Gasteiger partial charge in [-0.15, -0.1) is 0 Å². The number of hydrogen-bond acceptors (Lipinski definition) is 2. The molecule has 0 aliphatic carbocycles. The second-order valence-electron chi connectivity index (χ2n) is 3.40. The first-order valence-corrected chi connectivity index (χ1v) is 5.10. The third-order valence-corrected chi connectivity index (χ3v) is 2.23. The van der Waals surface area contributed by atoms with Gasteiger partial charge in [0.15, 0.2) is 0 Å². The molecule has 2 aromatic rings. The molecule has 4 heteroatoms. The summed E-state index contributed by atoms with van der Waals surface area (Å²) in [7, 11) is 0. The van der Waals surface area contributed by atoms with Crippen LogP contribution in [-0.4, -0.2) is 22.3 Å². The Bertz CT molecular complexity index is 550. The van der Waals surface area contributed by atoms with Crippen LogP contribution in [-0.2, 0) is 0 Å². The number of rotatable bonds is 3. The highest BCUT2D eigenvalue weighted by Crippen LogP contribution is 2.04. The number of aromatic carboxylic acids is 1. The Kier molecular flexibility index (Phi) is 3.25. The highest BCUT2D eigenvalue weighted by molar-refractivity contribution is 5.97. The van der Waals surface area contributed by atoms with Crippen LogP contribution in [0.2, 0.25) is 0 Å². The molecular weight excluding hydrogens is 216 g/mol. The lowest BCUT2D eigenvalue weighted by molar-refractivity contribution is -0.352. The number of benzene rings is 1. The molecule has 0 saturated heterocycles. The summed E-state index contributed by atoms with van der Waals surface area (Å²) < 4.78 is 0. The van der Waals surface area contributed by atoms with E-state index in [1.807, 2.05) is 12.1 Å². The summed E-state index contributed by atoms with van der Waals surface area (Å²) in [4.78, 5) is 18.0. The van der Waals surface area contributed by atoms with Crippen molar-refractivity contribution >= 4 is 18.0 Å². The number of carboxylic acids is 1. The molecule has 84 valence electrons. The lowest BCUT2D eigenvalue weighted by Gasteiger charge is -1.97. The van der Waals surface area contributed by atoms with Crippen molar-refractivity contribution in [2.75, 3.05) is 0 Å². The first-order chi connectivity index (χ1) is 8.27. The van der Waals surface area contributed by atoms with Crippen molar-refractivity contribution in [1.82, 2.24) is 4.98 Å². The molecule has 0 atom stereocenters. The van der Waals surface area contributed by atoms with Crippen molar-refractivity contribution in [3.63, 3.8) is 0 Å². The topological polar surface area (TPSA) is 64.2 Å². The number of carbonyl (C=O) groups is 1. The number of pyridine rings is 1. The Balaban J connectivity index is 2.30. The van der Waals surface area contributed by atoms with E-state index < -0.39 is 5.97 Å². The van der Waals surface area contributed by atoms with Crippen LogP contribution in [0.3, 0.4) is 0 Å². The summed E-state index contributed by atoms with van der Waals surface area (Å²) in [5, 5.41) is 9.00. The average molecular weight is 227 g/mol. The van der Waals surface area contributed by atoms with Gasteiger partial charge in [0.1, 0.15) is 6.20 Å². The molecule has 0 unspecified atom stereocenters. The summed E-state index contributed by atoms with van der Waals surface area (Å²) in [6, 6.07) is 12.3. The number of carboxylic acid groups (broad SMARTS) is 1. The third-order valence-electron chi connectivity index (χ3n) is 2.23. The maximum absolute atomic E-state index is 11.0. The first kappa shape index (κ1) is 11.0. The zero-order valence-electron chi connectivity index (χ0n) is 9.00. The fraction of sp³-hybridized carbons (Fsp3) is 0. The molecule has 1 aromatic carbocycles. The molecule has 0 fully saturated rings. The molecule has 0 amide bonds.